The summed E-state index contributed by atoms with van der Waals surface area (Å²) in [5.41, 5.74) is 5.45. The van der Waals surface area contributed by atoms with Crippen molar-refractivity contribution in [2.75, 3.05) is 32.8 Å². The lowest BCUT2D eigenvalue weighted by Crippen LogP contribution is -2.51. The molecule has 1 fully saturated rings. The maximum atomic E-state index is 11.4. The molecule has 1 heterocycles. The van der Waals surface area contributed by atoms with E-state index < -0.39 is 0 Å². The number of nitrogens with zero attached hydrogens (tertiary/aromatic N) is 1. The van der Waals surface area contributed by atoms with Crippen LogP contribution in [0.4, 0.5) is 4.79 Å². The van der Waals surface area contributed by atoms with E-state index in [4.69, 9.17) is 16.9 Å². The first-order chi connectivity index (χ1) is 6.77. The number of urea groups is 1. The molecule has 1 atom stereocenters. The summed E-state index contributed by atoms with van der Waals surface area (Å²) in [6.45, 7) is 2.34. The molecule has 0 bridgehead atoms. The third-order valence-electron chi connectivity index (χ3n) is 2.03. The number of carbonyl (C=O) groups excluding carboxylic acids is 1. The third-order valence-corrected chi connectivity index (χ3v) is 2.03. The van der Waals surface area contributed by atoms with Crippen LogP contribution in [-0.4, -0.2) is 49.8 Å². The Morgan fingerprint density at radius 3 is 3.21 bits per heavy atom. The number of amides is 2. The van der Waals surface area contributed by atoms with Crippen molar-refractivity contribution in [1.29, 1.82) is 0 Å². The van der Waals surface area contributed by atoms with Crippen LogP contribution >= 0.6 is 0 Å². The van der Waals surface area contributed by atoms with Gasteiger partial charge in [-0.15, -0.1) is 6.42 Å². The SMILES string of the molecule is C#CCNC(=O)N1CCOC(CN)C1. The van der Waals surface area contributed by atoms with E-state index >= 15 is 0 Å². The molecule has 2 amide bonds. The van der Waals surface area contributed by atoms with Gasteiger partial charge < -0.3 is 20.7 Å². The van der Waals surface area contributed by atoms with Gasteiger partial charge in [0.15, 0.2) is 0 Å². The highest BCUT2D eigenvalue weighted by Crippen LogP contribution is 2.03. The number of hydrogen-bond donors (Lipinski definition) is 2. The van der Waals surface area contributed by atoms with Gasteiger partial charge in [0.2, 0.25) is 0 Å². The zero-order valence-corrected chi connectivity index (χ0v) is 8.03. The molecule has 0 aliphatic carbocycles. The normalized spacial score (nSPS) is 21.4. The van der Waals surface area contributed by atoms with Crippen molar-refractivity contribution in [3.05, 3.63) is 0 Å². The molecule has 1 unspecified atom stereocenters. The minimum absolute atomic E-state index is 0.0552. The molecule has 1 saturated heterocycles. The highest BCUT2D eigenvalue weighted by Gasteiger charge is 2.22. The van der Waals surface area contributed by atoms with Gasteiger partial charge in [0, 0.05) is 19.6 Å². The van der Waals surface area contributed by atoms with Gasteiger partial charge in [-0.05, 0) is 0 Å². The summed E-state index contributed by atoms with van der Waals surface area (Å²) in [7, 11) is 0. The van der Waals surface area contributed by atoms with Crippen LogP contribution in [-0.2, 0) is 4.74 Å². The monoisotopic (exact) mass is 197 g/mol. The van der Waals surface area contributed by atoms with E-state index in [1.165, 1.54) is 0 Å². The van der Waals surface area contributed by atoms with E-state index in [9.17, 15) is 4.79 Å². The number of morpholine rings is 1. The molecule has 5 heteroatoms. The second-order valence-electron chi connectivity index (χ2n) is 3.04. The molecule has 5 nitrogen and oxygen atoms in total. The Hall–Kier alpha value is -1.25. The molecular formula is C9H15N3O2. The Bertz CT molecular complexity index is 237. The zero-order chi connectivity index (χ0) is 10.4. The first kappa shape index (κ1) is 10.8. The van der Waals surface area contributed by atoms with Gasteiger partial charge in [-0.1, -0.05) is 5.92 Å². The molecule has 0 radical (unpaired) electrons. The predicted molar refractivity (Wildman–Crippen MR) is 52.6 cm³/mol. The lowest BCUT2D eigenvalue weighted by atomic mass is 10.3. The second kappa shape index (κ2) is 5.47. The van der Waals surface area contributed by atoms with Crippen molar-refractivity contribution in [3.63, 3.8) is 0 Å². The minimum atomic E-state index is -0.148. The Balaban J connectivity index is 2.36. The number of nitrogens with two attached hydrogens (primary N) is 1. The topological polar surface area (TPSA) is 67.6 Å². The smallest absolute Gasteiger partial charge is 0.318 e. The van der Waals surface area contributed by atoms with E-state index in [0.29, 0.717) is 26.2 Å². The summed E-state index contributed by atoms with van der Waals surface area (Å²) in [6, 6.07) is -0.148. The summed E-state index contributed by atoms with van der Waals surface area (Å²) in [4.78, 5) is 13.1. The average molecular weight is 197 g/mol. The molecule has 3 N–H and O–H groups in total. The lowest BCUT2D eigenvalue weighted by Gasteiger charge is -2.32. The van der Waals surface area contributed by atoms with E-state index in [2.05, 4.69) is 11.2 Å². The van der Waals surface area contributed by atoms with Crippen molar-refractivity contribution < 1.29 is 9.53 Å². The molecule has 0 spiro atoms. The number of ether oxygens (including phenoxy) is 1. The van der Waals surface area contributed by atoms with E-state index in [1.807, 2.05) is 0 Å². The maximum absolute atomic E-state index is 11.4. The Morgan fingerprint density at radius 2 is 2.57 bits per heavy atom. The summed E-state index contributed by atoms with van der Waals surface area (Å²) < 4.78 is 5.32. The lowest BCUT2D eigenvalue weighted by molar-refractivity contribution is -0.00844. The van der Waals surface area contributed by atoms with Crippen molar-refractivity contribution in [1.82, 2.24) is 10.2 Å². The van der Waals surface area contributed by atoms with E-state index in [0.717, 1.165) is 0 Å². The fourth-order valence-electron chi connectivity index (χ4n) is 1.28. The first-order valence-electron chi connectivity index (χ1n) is 4.56. The molecule has 0 aromatic heterocycles. The van der Waals surface area contributed by atoms with Crippen LogP contribution in [0.5, 0.6) is 0 Å². The number of carbonyl (C=O) groups is 1. The Labute approximate surface area is 83.6 Å². The van der Waals surface area contributed by atoms with Crippen LogP contribution < -0.4 is 11.1 Å². The number of nitrogens with one attached hydrogen (secondary N) is 1. The fourth-order valence-corrected chi connectivity index (χ4v) is 1.28. The second-order valence-corrected chi connectivity index (χ2v) is 3.04. The van der Waals surface area contributed by atoms with Gasteiger partial charge in [0.1, 0.15) is 0 Å². The number of hydrogen-bond acceptors (Lipinski definition) is 3. The van der Waals surface area contributed by atoms with Crippen molar-refractivity contribution in [3.8, 4) is 12.3 Å². The van der Waals surface area contributed by atoms with Crippen molar-refractivity contribution in [2.24, 2.45) is 5.73 Å². The Morgan fingerprint density at radius 1 is 1.79 bits per heavy atom. The van der Waals surface area contributed by atoms with Crippen LogP contribution in [0.15, 0.2) is 0 Å². The van der Waals surface area contributed by atoms with E-state index in [-0.39, 0.29) is 18.7 Å². The molecule has 14 heavy (non-hydrogen) atoms. The molecule has 0 saturated carbocycles. The highest BCUT2D eigenvalue weighted by molar-refractivity contribution is 5.74. The van der Waals surface area contributed by atoms with Crippen LogP contribution in [0.3, 0.4) is 0 Å². The van der Waals surface area contributed by atoms with Crippen LogP contribution in [0.25, 0.3) is 0 Å². The fraction of sp³-hybridized carbons (Fsp3) is 0.667. The quantitative estimate of drug-likeness (QED) is 0.557. The summed E-state index contributed by atoms with van der Waals surface area (Å²) in [6.07, 6.45) is 4.98. The van der Waals surface area contributed by atoms with Crippen LogP contribution in [0.2, 0.25) is 0 Å². The largest absolute Gasteiger partial charge is 0.373 e. The average Bonchev–Trinajstić information content (AvgIpc) is 2.26. The van der Waals surface area contributed by atoms with Gasteiger partial charge in [0.05, 0.1) is 19.3 Å². The van der Waals surface area contributed by atoms with Gasteiger partial charge in [-0.2, -0.15) is 0 Å². The number of terminal acetylenes is 1. The summed E-state index contributed by atoms with van der Waals surface area (Å²) in [5.74, 6) is 2.35. The van der Waals surface area contributed by atoms with E-state index in [1.54, 1.807) is 4.90 Å². The summed E-state index contributed by atoms with van der Waals surface area (Å²) in [5, 5.41) is 2.60. The summed E-state index contributed by atoms with van der Waals surface area (Å²) >= 11 is 0. The number of rotatable bonds is 2. The van der Waals surface area contributed by atoms with Gasteiger partial charge >= 0.3 is 6.03 Å². The van der Waals surface area contributed by atoms with Gasteiger partial charge in [0.25, 0.3) is 0 Å². The van der Waals surface area contributed by atoms with Gasteiger partial charge in [-0.25, -0.2) is 4.79 Å². The van der Waals surface area contributed by atoms with Crippen LogP contribution in [0, 0.1) is 12.3 Å². The molecule has 1 aliphatic rings. The third kappa shape index (κ3) is 2.91. The molecule has 1 aliphatic heterocycles. The molecule has 0 aromatic carbocycles. The minimum Gasteiger partial charge on any atom is -0.373 e. The highest BCUT2D eigenvalue weighted by atomic mass is 16.5. The van der Waals surface area contributed by atoms with Crippen molar-refractivity contribution >= 4 is 6.03 Å². The maximum Gasteiger partial charge on any atom is 0.318 e. The van der Waals surface area contributed by atoms with Crippen LogP contribution in [0.1, 0.15) is 0 Å². The Kier molecular flexibility index (Phi) is 4.23. The standard InChI is InChI=1S/C9H15N3O2/c1-2-3-11-9(13)12-4-5-14-8(6-10)7-12/h1,8H,3-7,10H2,(H,11,13). The van der Waals surface area contributed by atoms with Gasteiger partial charge in [-0.3, -0.25) is 0 Å². The zero-order valence-electron chi connectivity index (χ0n) is 8.03. The first-order valence-corrected chi connectivity index (χ1v) is 4.56. The van der Waals surface area contributed by atoms with Crippen molar-refractivity contribution in [2.45, 2.75) is 6.10 Å². The predicted octanol–water partition coefficient (Wildman–Crippen LogP) is -1.01. The molecule has 1 rings (SSSR count). The molecular weight excluding hydrogens is 182 g/mol. The molecule has 78 valence electrons. The molecule has 0 aromatic rings.